The van der Waals surface area contributed by atoms with Crippen LogP contribution in [0.2, 0.25) is 5.02 Å². The van der Waals surface area contributed by atoms with Gasteiger partial charge in [0.05, 0.1) is 22.3 Å². The summed E-state index contributed by atoms with van der Waals surface area (Å²) in [4.78, 5) is 2.94. The molecule has 98 valence electrons. The number of aromatic nitrogens is 2. The standard InChI is InChI=1S/C14H7ClFN3S/c15-9-4-5-10(16)12(6-9)19-11-3-1-2-8(7-17)13(11)18-14(19)20/h1-6H,(H,18,20). The zero-order valence-electron chi connectivity index (χ0n) is 10.0. The van der Waals surface area contributed by atoms with Crippen LogP contribution in [-0.2, 0) is 0 Å². The van der Waals surface area contributed by atoms with E-state index >= 15 is 0 Å². The van der Waals surface area contributed by atoms with Gasteiger partial charge in [0, 0.05) is 5.02 Å². The summed E-state index contributed by atoms with van der Waals surface area (Å²) in [7, 11) is 0. The Bertz CT molecular complexity index is 920. The second-order valence-electron chi connectivity index (χ2n) is 4.17. The number of H-pyrrole nitrogens is 1. The van der Waals surface area contributed by atoms with Crippen molar-refractivity contribution in [1.29, 1.82) is 5.26 Å². The number of nitriles is 1. The van der Waals surface area contributed by atoms with Gasteiger partial charge < -0.3 is 4.98 Å². The Kier molecular flexibility index (Phi) is 3.05. The van der Waals surface area contributed by atoms with Crippen molar-refractivity contribution in [3.63, 3.8) is 0 Å². The first-order chi connectivity index (χ1) is 9.61. The minimum absolute atomic E-state index is 0.254. The first-order valence-electron chi connectivity index (χ1n) is 5.71. The Balaban J connectivity index is 2.44. The van der Waals surface area contributed by atoms with Gasteiger partial charge in [0.25, 0.3) is 0 Å². The summed E-state index contributed by atoms with van der Waals surface area (Å²) in [6, 6.07) is 11.5. The minimum Gasteiger partial charge on any atom is -0.329 e. The van der Waals surface area contributed by atoms with Gasteiger partial charge in [-0.25, -0.2) is 4.39 Å². The molecule has 0 saturated heterocycles. The van der Waals surface area contributed by atoms with Crippen molar-refractivity contribution in [3.05, 3.63) is 57.6 Å². The Hall–Kier alpha value is -2.16. The molecule has 3 nitrogen and oxygen atoms in total. The number of imidazole rings is 1. The van der Waals surface area contributed by atoms with Crippen LogP contribution in [0.5, 0.6) is 0 Å². The number of rotatable bonds is 1. The number of nitrogens with zero attached hydrogens (tertiary/aromatic N) is 2. The first-order valence-corrected chi connectivity index (χ1v) is 6.49. The third-order valence-electron chi connectivity index (χ3n) is 2.99. The Labute approximate surface area is 123 Å². The average Bonchev–Trinajstić information content (AvgIpc) is 2.77. The van der Waals surface area contributed by atoms with Crippen LogP contribution in [0.1, 0.15) is 5.56 Å². The number of aromatic amines is 1. The smallest absolute Gasteiger partial charge is 0.182 e. The molecule has 0 aliphatic carbocycles. The lowest BCUT2D eigenvalue weighted by atomic mass is 10.2. The number of fused-ring (bicyclic) bond motifs is 1. The minimum atomic E-state index is -0.436. The zero-order chi connectivity index (χ0) is 14.3. The summed E-state index contributed by atoms with van der Waals surface area (Å²) in [5.74, 6) is -0.436. The van der Waals surface area contributed by atoms with Crippen LogP contribution < -0.4 is 0 Å². The van der Waals surface area contributed by atoms with Gasteiger partial charge in [0.1, 0.15) is 11.9 Å². The molecule has 6 heteroatoms. The van der Waals surface area contributed by atoms with Crippen molar-refractivity contribution in [2.75, 3.05) is 0 Å². The molecule has 0 aliphatic heterocycles. The molecule has 1 heterocycles. The first kappa shape index (κ1) is 12.9. The Morgan fingerprint density at radius 3 is 2.85 bits per heavy atom. The molecule has 0 saturated carbocycles. The van der Waals surface area contributed by atoms with Gasteiger partial charge in [-0.1, -0.05) is 17.7 Å². The van der Waals surface area contributed by atoms with E-state index in [1.807, 2.05) is 0 Å². The molecule has 0 amide bonds. The van der Waals surface area contributed by atoms with Crippen molar-refractivity contribution < 1.29 is 4.39 Å². The summed E-state index contributed by atoms with van der Waals surface area (Å²) in [6.45, 7) is 0. The number of para-hydroxylation sites is 1. The molecule has 0 fully saturated rings. The lowest BCUT2D eigenvalue weighted by Gasteiger charge is -2.06. The molecule has 0 atom stereocenters. The summed E-state index contributed by atoms with van der Waals surface area (Å²) in [5, 5.41) is 9.51. The molecule has 3 aromatic rings. The number of halogens is 2. The maximum Gasteiger partial charge on any atom is 0.182 e. The van der Waals surface area contributed by atoms with E-state index in [2.05, 4.69) is 11.1 Å². The fourth-order valence-electron chi connectivity index (χ4n) is 2.12. The maximum absolute atomic E-state index is 14.0. The predicted molar refractivity (Wildman–Crippen MR) is 78.1 cm³/mol. The largest absolute Gasteiger partial charge is 0.329 e. The maximum atomic E-state index is 14.0. The molecule has 2 aromatic carbocycles. The number of nitrogens with one attached hydrogen (secondary N) is 1. The van der Waals surface area contributed by atoms with Crippen LogP contribution in [-0.4, -0.2) is 9.55 Å². The normalized spacial score (nSPS) is 10.7. The van der Waals surface area contributed by atoms with E-state index in [4.69, 9.17) is 29.1 Å². The topological polar surface area (TPSA) is 44.5 Å². The summed E-state index contributed by atoms with van der Waals surface area (Å²) in [5.41, 5.74) is 1.92. The molecular weight excluding hydrogens is 297 g/mol. The van der Waals surface area contributed by atoms with Crippen LogP contribution in [0.4, 0.5) is 4.39 Å². The van der Waals surface area contributed by atoms with Crippen LogP contribution in [0.25, 0.3) is 16.7 Å². The lowest BCUT2D eigenvalue weighted by Crippen LogP contribution is -1.97. The van der Waals surface area contributed by atoms with Gasteiger partial charge in [0.2, 0.25) is 0 Å². The van der Waals surface area contributed by atoms with Crippen LogP contribution in [0, 0.1) is 21.9 Å². The molecule has 1 aromatic heterocycles. The van der Waals surface area contributed by atoms with Gasteiger partial charge in [-0.15, -0.1) is 0 Å². The lowest BCUT2D eigenvalue weighted by molar-refractivity contribution is 0.619. The average molecular weight is 304 g/mol. The molecule has 0 bridgehead atoms. The molecule has 3 rings (SSSR count). The second kappa shape index (κ2) is 4.75. The summed E-state index contributed by atoms with van der Waals surface area (Å²) < 4.78 is 15.9. The summed E-state index contributed by atoms with van der Waals surface area (Å²) in [6.07, 6.45) is 0. The number of benzene rings is 2. The third-order valence-corrected chi connectivity index (χ3v) is 3.51. The van der Waals surface area contributed by atoms with E-state index in [-0.39, 0.29) is 5.69 Å². The fourth-order valence-corrected chi connectivity index (χ4v) is 2.58. The van der Waals surface area contributed by atoms with E-state index in [1.54, 1.807) is 18.2 Å². The van der Waals surface area contributed by atoms with E-state index in [0.29, 0.717) is 26.4 Å². The highest BCUT2D eigenvalue weighted by Crippen LogP contribution is 2.25. The highest BCUT2D eigenvalue weighted by atomic mass is 35.5. The number of hydrogen-bond donors (Lipinski definition) is 1. The zero-order valence-corrected chi connectivity index (χ0v) is 11.6. The Morgan fingerprint density at radius 1 is 1.30 bits per heavy atom. The van der Waals surface area contributed by atoms with Crippen molar-refractivity contribution in [2.45, 2.75) is 0 Å². The van der Waals surface area contributed by atoms with Crippen molar-refractivity contribution in [2.24, 2.45) is 0 Å². The second-order valence-corrected chi connectivity index (χ2v) is 5.00. The van der Waals surface area contributed by atoms with Gasteiger partial charge in [-0.2, -0.15) is 5.26 Å². The fraction of sp³-hybridized carbons (Fsp3) is 0. The molecule has 0 aliphatic rings. The van der Waals surface area contributed by atoms with E-state index in [0.717, 1.165) is 0 Å². The molecule has 0 unspecified atom stereocenters. The molecule has 0 radical (unpaired) electrons. The molecular formula is C14H7ClFN3S. The predicted octanol–water partition coefficient (Wildman–Crippen LogP) is 4.35. The highest BCUT2D eigenvalue weighted by Gasteiger charge is 2.13. The van der Waals surface area contributed by atoms with Crippen molar-refractivity contribution in [1.82, 2.24) is 9.55 Å². The highest BCUT2D eigenvalue weighted by molar-refractivity contribution is 7.71. The van der Waals surface area contributed by atoms with Crippen LogP contribution >= 0.6 is 23.8 Å². The Morgan fingerprint density at radius 2 is 2.10 bits per heavy atom. The van der Waals surface area contributed by atoms with Crippen molar-refractivity contribution in [3.8, 4) is 11.8 Å². The van der Waals surface area contributed by atoms with Gasteiger partial charge in [-0.05, 0) is 42.5 Å². The molecule has 20 heavy (non-hydrogen) atoms. The molecule has 0 spiro atoms. The van der Waals surface area contributed by atoms with Gasteiger partial charge >= 0.3 is 0 Å². The van der Waals surface area contributed by atoms with E-state index in [1.165, 1.54) is 22.8 Å². The van der Waals surface area contributed by atoms with Gasteiger partial charge in [-0.3, -0.25) is 4.57 Å². The van der Waals surface area contributed by atoms with Crippen molar-refractivity contribution >= 4 is 34.9 Å². The summed E-state index contributed by atoms with van der Waals surface area (Å²) >= 11 is 11.2. The quantitative estimate of drug-likeness (QED) is 0.679. The number of hydrogen-bond acceptors (Lipinski definition) is 2. The SMILES string of the molecule is N#Cc1cccc2c1[nH]c(=S)n2-c1cc(Cl)ccc1F. The van der Waals surface area contributed by atoms with E-state index in [9.17, 15) is 4.39 Å². The van der Waals surface area contributed by atoms with Gasteiger partial charge in [0.15, 0.2) is 4.77 Å². The third kappa shape index (κ3) is 1.90. The van der Waals surface area contributed by atoms with Crippen LogP contribution in [0.15, 0.2) is 36.4 Å². The molecule has 1 N–H and O–H groups in total. The van der Waals surface area contributed by atoms with E-state index < -0.39 is 5.82 Å². The monoisotopic (exact) mass is 303 g/mol. The van der Waals surface area contributed by atoms with Crippen LogP contribution in [0.3, 0.4) is 0 Å².